The summed E-state index contributed by atoms with van der Waals surface area (Å²) < 4.78 is 0. The molecule has 4 nitrogen and oxygen atoms in total. The van der Waals surface area contributed by atoms with Crippen LogP contribution in [0.2, 0.25) is 5.28 Å². The van der Waals surface area contributed by atoms with Gasteiger partial charge < -0.3 is 5.73 Å². The molecular weight excluding hydrogens is 222 g/mol. The lowest BCUT2D eigenvalue weighted by Crippen LogP contribution is -2.14. The van der Waals surface area contributed by atoms with Crippen LogP contribution in [-0.4, -0.2) is 15.9 Å². The van der Waals surface area contributed by atoms with Gasteiger partial charge in [0.05, 0.1) is 12.1 Å². The molecule has 2 heterocycles. The molecule has 2 N–H and O–H groups in total. The van der Waals surface area contributed by atoms with Crippen LogP contribution in [0.15, 0.2) is 11.4 Å². The summed E-state index contributed by atoms with van der Waals surface area (Å²) in [4.78, 5) is 19.5. The second-order valence-electron chi connectivity index (χ2n) is 2.72. The summed E-state index contributed by atoms with van der Waals surface area (Å²) in [5.41, 5.74) is 5.69. The van der Waals surface area contributed by atoms with Crippen molar-refractivity contribution in [1.29, 1.82) is 0 Å². The Morgan fingerprint density at radius 2 is 2.36 bits per heavy atom. The highest BCUT2D eigenvalue weighted by Crippen LogP contribution is 2.22. The maximum absolute atomic E-state index is 10.8. The minimum absolute atomic E-state index is 0.0927. The topological polar surface area (TPSA) is 68.9 Å². The van der Waals surface area contributed by atoms with E-state index in [1.807, 2.05) is 11.4 Å². The molecule has 0 radical (unpaired) electrons. The zero-order valence-corrected chi connectivity index (χ0v) is 8.60. The lowest BCUT2D eigenvalue weighted by Gasteiger charge is -1.99. The first kappa shape index (κ1) is 9.36. The van der Waals surface area contributed by atoms with Crippen molar-refractivity contribution in [2.24, 2.45) is 5.73 Å². The van der Waals surface area contributed by atoms with Crippen LogP contribution in [0.25, 0.3) is 10.2 Å². The molecule has 2 rings (SSSR count). The molecule has 0 bridgehead atoms. The van der Waals surface area contributed by atoms with Gasteiger partial charge in [0.2, 0.25) is 11.2 Å². The van der Waals surface area contributed by atoms with Gasteiger partial charge in [0.15, 0.2) is 0 Å². The molecule has 14 heavy (non-hydrogen) atoms. The van der Waals surface area contributed by atoms with Gasteiger partial charge in [-0.3, -0.25) is 4.79 Å². The second kappa shape index (κ2) is 3.51. The van der Waals surface area contributed by atoms with Gasteiger partial charge in [-0.2, -0.15) is 0 Å². The first-order valence-corrected chi connectivity index (χ1v) is 5.10. The minimum atomic E-state index is -0.424. The zero-order valence-electron chi connectivity index (χ0n) is 7.03. The van der Waals surface area contributed by atoms with Crippen molar-refractivity contribution in [2.45, 2.75) is 6.42 Å². The molecule has 2 aromatic rings. The average molecular weight is 228 g/mol. The van der Waals surface area contributed by atoms with Gasteiger partial charge in [-0.1, -0.05) is 0 Å². The number of aromatic nitrogens is 2. The maximum atomic E-state index is 10.8. The Morgan fingerprint density at radius 3 is 3.07 bits per heavy atom. The summed E-state index contributed by atoms with van der Waals surface area (Å²) in [6.07, 6.45) is 0.0927. The molecule has 72 valence electrons. The molecule has 0 unspecified atom stereocenters. The van der Waals surface area contributed by atoms with Crippen molar-refractivity contribution in [1.82, 2.24) is 9.97 Å². The average Bonchev–Trinajstić information content (AvgIpc) is 2.50. The summed E-state index contributed by atoms with van der Waals surface area (Å²) >= 11 is 7.15. The predicted molar refractivity (Wildman–Crippen MR) is 55.3 cm³/mol. The number of amides is 1. The Labute approximate surface area is 88.7 Å². The highest BCUT2D eigenvalue weighted by Gasteiger charge is 2.09. The van der Waals surface area contributed by atoms with Crippen LogP contribution < -0.4 is 5.73 Å². The number of nitrogens with two attached hydrogens (primary N) is 1. The number of fused-ring (bicyclic) bond motifs is 1. The standard InChI is InChI=1S/C8H6ClN3OS/c9-8-11-5(3-6(10)13)4-1-2-14-7(4)12-8/h1-2H,3H2,(H2,10,13). The van der Waals surface area contributed by atoms with Crippen molar-refractivity contribution >= 4 is 39.1 Å². The van der Waals surface area contributed by atoms with Crippen molar-refractivity contribution in [3.63, 3.8) is 0 Å². The van der Waals surface area contributed by atoms with Gasteiger partial charge in [0.25, 0.3) is 0 Å². The van der Waals surface area contributed by atoms with Crippen LogP contribution in [-0.2, 0) is 11.2 Å². The first-order chi connectivity index (χ1) is 6.66. The Balaban J connectivity index is 2.60. The van der Waals surface area contributed by atoms with Crippen LogP contribution in [0.1, 0.15) is 5.69 Å². The minimum Gasteiger partial charge on any atom is -0.369 e. The van der Waals surface area contributed by atoms with Crippen LogP contribution in [0.5, 0.6) is 0 Å². The molecule has 0 spiro atoms. The maximum Gasteiger partial charge on any atom is 0.223 e. The van der Waals surface area contributed by atoms with Crippen molar-refractivity contribution in [3.8, 4) is 0 Å². The summed E-state index contributed by atoms with van der Waals surface area (Å²) in [6, 6.07) is 1.86. The Hall–Kier alpha value is -1.20. The van der Waals surface area contributed by atoms with Crippen molar-refractivity contribution < 1.29 is 4.79 Å². The molecule has 0 aliphatic rings. The van der Waals surface area contributed by atoms with E-state index < -0.39 is 5.91 Å². The van der Waals surface area contributed by atoms with E-state index in [1.54, 1.807) is 0 Å². The van der Waals surface area contributed by atoms with Gasteiger partial charge in [-0.15, -0.1) is 11.3 Å². The van der Waals surface area contributed by atoms with Crippen LogP contribution in [0.3, 0.4) is 0 Å². The van der Waals surface area contributed by atoms with Crippen molar-refractivity contribution in [3.05, 3.63) is 22.4 Å². The Morgan fingerprint density at radius 1 is 1.57 bits per heavy atom. The highest BCUT2D eigenvalue weighted by atomic mass is 35.5. The number of thiophene rings is 1. The Bertz CT molecular complexity index is 496. The number of rotatable bonds is 2. The van der Waals surface area contributed by atoms with Crippen LogP contribution in [0.4, 0.5) is 0 Å². The molecule has 0 saturated heterocycles. The molecule has 0 saturated carbocycles. The molecule has 1 amide bonds. The third-order valence-corrected chi connectivity index (χ3v) is 2.69. The molecular formula is C8H6ClN3OS. The summed E-state index contributed by atoms with van der Waals surface area (Å²) in [7, 11) is 0. The normalized spacial score (nSPS) is 10.6. The Kier molecular flexibility index (Phi) is 2.35. The zero-order chi connectivity index (χ0) is 10.1. The number of hydrogen-bond acceptors (Lipinski definition) is 4. The summed E-state index contributed by atoms with van der Waals surface area (Å²) in [5.74, 6) is -0.424. The van der Waals surface area contributed by atoms with E-state index in [0.717, 1.165) is 10.2 Å². The second-order valence-corrected chi connectivity index (χ2v) is 3.95. The van der Waals surface area contributed by atoms with E-state index in [-0.39, 0.29) is 11.7 Å². The van der Waals surface area contributed by atoms with E-state index in [4.69, 9.17) is 17.3 Å². The molecule has 0 aromatic carbocycles. The van der Waals surface area contributed by atoms with E-state index in [2.05, 4.69) is 9.97 Å². The number of halogens is 1. The van der Waals surface area contributed by atoms with Crippen molar-refractivity contribution in [2.75, 3.05) is 0 Å². The number of nitrogens with zero attached hydrogens (tertiary/aromatic N) is 2. The largest absolute Gasteiger partial charge is 0.369 e. The summed E-state index contributed by atoms with van der Waals surface area (Å²) in [6.45, 7) is 0. The lowest BCUT2D eigenvalue weighted by atomic mass is 10.2. The monoisotopic (exact) mass is 227 g/mol. The summed E-state index contributed by atoms with van der Waals surface area (Å²) in [5, 5.41) is 2.87. The number of carbonyl (C=O) groups is 1. The molecule has 0 aliphatic heterocycles. The number of hydrogen-bond donors (Lipinski definition) is 1. The highest BCUT2D eigenvalue weighted by molar-refractivity contribution is 7.16. The van der Waals surface area contributed by atoms with Gasteiger partial charge >= 0.3 is 0 Å². The predicted octanol–water partition coefficient (Wildman–Crippen LogP) is 1.37. The van der Waals surface area contributed by atoms with E-state index in [9.17, 15) is 4.79 Å². The fourth-order valence-electron chi connectivity index (χ4n) is 1.19. The molecule has 2 aromatic heterocycles. The molecule has 0 fully saturated rings. The molecule has 6 heteroatoms. The van der Waals surface area contributed by atoms with E-state index >= 15 is 0 Å². The molecule has 0 atom stereocenters. The number of carbonyl (C=O) groups excluding carboxylic acids is 1. The number of primary amides is 1. The first-order valence-electron chi connectivity index (χ1n) is 3.85. The van der Waals surface area contributed by atoms with Gasteiger partial charge in [0, 0.05) is 5.39 Å². The van der Waals surface area contributed by atoms with Gasteiger partial charge in [-0.25, -0.2) is 9.97 Å². The quantitative estimate of drug-likeness (QED) is 0.788. The third-order valence-electron chi connectivity index (χ3n) is 1.72. The smallest absolute Gasteiger partial charge is 0.223 e. The fourth-order valence-corrected chi connectivity index (χ4v) is 2.21. The van der Waals surface area contributed by atoms with Crippen LogP contribution in [0, 0.1) is 0 Å². The lowest BCUT2D eigenvalue weighted by molar-refractivity contribution is -0.117. The van der Waals surface area contributed by atoms with Gasteiger partial charge in [0.1, 0.15) is 4.83 Å². The van der Waals surface area contributed by atoms with E-state index in [0.29, 0.717) is 5.69 Å². The third kappa shape index (κ3) is 1.69. The molecule has 0 aliphatic carbocycles. The fraction of sp³-hybridized carbons (Fsp3) is 0.125. The SMILES string of the molecule is NC(=O)Cc1nc(Cl)nc2sccc12. The van der Waals surface area contributed by atoms with Crippen LogP contribution >= 0.6 is 22.9 Å². The van der Waals surface area contributed by atoms with E-state index in [1.165, 1.54) is 11.3 Å². The van der Waals surface area contributed by atoms with Gasteiger partial charge in [-0.05, 0) is 23.0 Å².